The first-order valence-corrected chi connectivity index (χ1v) is 9.57. The van der Waals surface area contributed by atoms with Crippen molar-refractivity contribution in [1.29, 1.82) is 0 Å². The summed E-state index contributed by atoms with van der Waals surface area (Å²) < 4.78 is 11.2. The number of benzene rings is 2. The van der Waals surface area contributed by atoms with Crippen LogP contribution in [-0.2, 0) is 4.79 Å². The average molecular weight is 370 g/mol. The summed E-state index contributed by atoms with van der Waals surface area (Å²) in [7, 11) is 1.64. The first-order chi connectivity index (χ1) is 12.8. The number of methoxy groups -OCH3 is 1. The maximum atomic E-state index is 12.7. The van der Waals surface area contributed by atoms with Crippen molar-refractivity contribution < 1.29 is 14.3 Å². The van der Waals surface area contributed by atoms with Crippen LogP contribution in [0.15, 0.2) is 42.5 Å². The minimum absolute atomic E-state index is 0.0588. The molecule has 0 spiro atoms. The Bertz CT molecular complexity index is 753. The van der Waals surface area contributed by atoms with Gasteiger partial charge >= 0.3 is 0 Å². The molecule has 4 heteroatoms. The predicted molar refractivity (Wildman–Crippen MR) is 110 cm³/mol. The van der Waals surface area contributed by atoms with Crippen molar-refractivity contribution >= 4 is 5.91 Å². The second-order valence-corrected chi connectivity index (χ2v) is 7.20. The minimum Gasteiger partial charge on any atom is -0.497 e. The molecule has 0 aromatic heterocycles. The fraction of sp³-hybridized carbons (Fsp3) is 0.435. The number of rotatable bonds is 8. The van der Waals surface area contributed by atoms with Crippen molar-refractivity contribution in [2.45, 2.75) is 59.1 Å². The monoisotopic (exact) mass is 369 g/mol. The van der Waals surface area contributed by atoms with E-state index in [9.17, 15) is 4.79 Å². The molecule has 0 unspecified atom stereocenters. The second-order valence-electron chi connectivity index (χ2n) is 7.20. The molecule has 0 aliphatic heterocycles. The molecular weight excluding hydrogens is 338 g/mol. The first-order valence-electron chi connectivity index (χ1n) is 9.57. The van der Waals surface area contributed by atoms with Crippen LogP contribution in [0.5, 0.6) is 11.5 Å². The van der Waals surface area contributed by atoms with Crippen LogP contribution in [0.2, 0.25) is 0 Å². The molecule has 1 N–H and O–H groups in total. The Labute approximate surface area is 162 Å². The first kappa shape index (κ1) is 20.8. The minimum atomic E-state index is -0.573. The quantitative estimate of drug-likeness (QED) is 0.699. The molecule has 146 valence electrons. The third-order valence-electron chi connectivity index (χ3n) is 4.71. The van der Waals surface area contributed by atoms with Crippen LogP contribution in [0.25, 0.3) is 0 Å². The molecule has 0 bridgehead atoms. The molecule has 2 aromatic rings. The summed E-state index contributed by atoms with van der Waals surface area (Å²) in [5.74, 6) is 1.80. The number of hydrogen-bond donors (Lipinski definition) is 1. The van der Waals surface area contributed by atoms with Crippen LogP contribution in [-0.4, -0.2) is 19.1 Å². The molecule has 2 rings (SSSR count). The number of carbonyl (C=O) groups excluding carboxylic acids is 1. The molecule has 1 amide bonds. The standard InChI is InChI=1S/C23H31NO3/c1-7-21(18-9-11-19(26-6)12-10-18)24-23(25)17(5)27-22-14-16(4)8-13-20(22)15(2)3/h8-15,17,21H,7H2,1-6H3,(H,24,25)/t17-,21+/m1/s1. The third kappa shape index (κ3) is 5.49. The van der Waals surface area contributed by atoms with Gasteiger partial charge in [-0.2, -0.15) is 0 Å². The molecule has 27 heavy (non-hydrogen) atoms. The lowest BCUT2D eigenvalue weighted by molar-refractivity contribution is -0.128. The zero-order chi connectivity index (χ0) is 20.0. The average Bonchev–Trinajstić information content (AvgIpc) is 2.65. The number of hydrogen-bond acceptors (Lipinski definition) is 3. The largest absolute Gasteiger partial charge is 0.497 e. The Balaban J connectivity index is 2.09. The Morgan fingerprint density at radius 1 is 1.07 bits per heavy atom. The fourth-order valence-corrected chi connectivity index (χ4v) is 3.01. The van der Waals surface area contributed by atoms with Crippen LogP contribution >= 0.6 is 0 Å². The topological polar surface area (TPSA) is 47.6 Å². The summed E-state index contributed by atoms with van der Waals surface area (Å²) in [6.45, 7) is 10.1. The van der Waals surface area contributed by atoms with Gasteiger partial charge in [-0.15, -0.1) is 0 Å². The van der Waals surface area contributed by atoms with Gasteiger partial charge < -0.3 is 14.8 Å². The van der Waals surface area contributed by atoms with Gasteiger partial charge in [-0.25, -0.2) is 0 Å². The normalized spacial score (nSPS) is 13.1. The van der Waals surface area contributed by atoms with E-state index in [2.05, 4.69) is 38.2 Å². The lowest BCUT2D eigenvalue weighted by atomic mass is 10.0. The van der Waals surface area contributed by atoms with E-state index in [1.54, 1.807) is 14.0 Å². The molecule has 2 aromatic carbocycles. The van der Waals surface area contributed by atoms with Crippen molar-refractivity contribution in [2.75, 3.05) is 7.11 Å². The van der Waals surface area contributed by atoms with Gasteiger partial charge in [0.2, 0.25) is 0 Å². The van der Waals surface area contributed by atoms with E-state index in [1.807, 2.05) is 37.3 Å². The van der Waals surface area contributed by atoms with Crippen LogP contribution < -0.4 is 14.8 Å². The lowest BCUT2D eigenvalue weighted by Gasteiger charge is -2.23. The van der Waals surface area contributed by atoms with Crippen LogP contribution in [0.4, 0.5) is 0 Å². The Kier molecular flexibility index (Phi) is 7.28. The van der Waals surface area contributed by atoms with Crippen molar-refractivity contribution in [3.05, 3.63) is 59.2 Å². The van der Waals surface area contributed by atoms with Gasteiger partial charge in [0.25, 0.3) is 5.91 Å². The molecule has 0 fully saturated rings. The Morgan fingerprint density at radius 2 is 1.74 bits per heavy atom. The van der Waals surface area contributed by atoms with Gasteiger partial charge in [0.1, 0.15) is 11.5 Å². The van der Waals surface area contributed by atoms with Gasteiger partial charge in [0.05, 0.1) is 13.2 Å². The summed E-state index contributed by atoms with van der Waals surface area (Å²) in [6, 6.07) is 13.9. The lowest BCUT2D eigenvalue weighted by Crippen LogP contribution is -2.38. The van der Waals surface area contributed by atoms with E-state index < -0.39 is 6.10 Å². The number of nitrogens with one attached hydrogen (secondary N) is 1. The van der Waals surface area contributed by atoms with Gasteiger partial charge in [-0.1, -0.05) is 45.0 Å². The van der Waals surface area contributed by atoms with E-state index in [-0.39, 0.29) is 11.9 Å². The Hall–Kier alpha value is -2.49. The molecule has 0 aliphatic carbocycles. The number of amides is 1. The summed E-state index contributed by atoms with van der Waals surface area (Å²) >= 11 is 0. The highest BCUT2D eigenvalue weighted by atomic mass is 16.5. The summed E-state index contributed by atoms with van der Waals surface area (Å²) in [6.07, 6.45) is 0.225. The highest BCUT2D eigenvalue weighted by Crippen LogP contribution is 2.28. The zero-order valence-electron chi connectivity index (χ0n) is 17.2. The van der Waals surface area contributed by atoms with E-state index in [1.165, 1.54) is 0 Å². The fourth-order valence-electron chi connectivity index (χ4n) is 3.01. The number of ether oxygens (including phenoxy) is 2. The van der Waals surface area contributed by atoms with E-state index in [0.29, 0.717) is 5.92 Å². The van der Waals surface area contributed by atoms with Crippen LogP contribution in [0, 0.1) is 6.92 Å². The maximum Gasteiger partial charge on any atom is 0.261 e. The number of aryl methyl sites for hydroxylation is 1. The van der Waals surface area contributed by atoms with E-state index >= 15 is 0 Å². The molecule has 0 heterocycles. The van der Waals surface area contributed by atoms with Crippen LogP contribution in [0.1, 0.15) is 62.8 Å². The summed E-state index contributed by atoms with van der Waals surface area (Å²) in [4.78, 5) is 12.7. The molecular formula is C23H31NO3. The maximum absolute atomic E-state index is 12.7. The highest BCUT2D eigenvalue weighted by molar-refractivity contribution is 5.81. The smallest absolute Gasteiger partial charge is 0.261 e. The van der Waals surface area contributed by atoms with Gasteiger partial charge in [-0.3, -0.25) is 4.79 Å². The van der Waals surface area contributed by atoms with Crippen molar-refractivity contribution in [2.24, 2.45) is 0 Å². The zero-order valence-corrected chi connectivity index (χ0v) is 17.2. The molecule has 0 aliphatic rings. The molecule has 0 radical (unpaired) electrons. The van der Waals surface area contributed by atoms with Crippen molar-refractivity contribution in [1.82, 2.24) is 5.32 Å². The van der Waals surface area contributed by atoms with Crippen LogP contribution in [0.3, 0.4) is 0 Å². The molecule has 2 atom stereocenters. The third-order valence-corrected chi connectivity index (χ3v) is 4.71. The number of carbonyl (C=O) groups is 1. The van der Waals surface area contributed by atoms with Gasteiger partial charge in [-0.05, 0) is 61.1 Å². The van der Waals surface area contributed by atoms with Gasteiger partial charge in [0, 0.05) is 0 Å². The van der Waals surface area contributed by atoms with E-state index in [4.69, 9.17) is 9.47 Å². The SMILES string of the molecule is CC[C@H](NC(=O)[C@@H](C)Oc1cc(C)ccc1C(C)C)c1ccc(OC)cc1. The predicted octanol–water partition coefficient (Wildman–Crippen LogP) is 5.16. The Morgan fingerprint density at radius 3 is 2.30 bits per heavy atom. The highest BCUT2D eigenvalue weighted by Gasteiger charge is 2.21. The molecule has 0 saturated heterocycles. The van der Waals surface area contributed by atoms with Gasteiger partial charge in [0.15, 0.2) is 6.10 Å². The summed E-state index contributed by atoms with van der Waals surface area (Å²) in [5, 5.41) is 3.10. The second kappa shape index (κ2) is 9.45. The molecule has 4 nitrogen and oxygen atoms in total. The van der Waals surface area contributed by atoms with Crippen molar-refractivity contribution in [3.63, 3.8) is 0 Å². The molecule has 0 saturated carbocycles. The van der Waals surface area contributed by atoms with E-state index in [0.717, 1.165) is 34.6 Å². The summed E-state index contributed by atoms with van der Waals surface area (Å²) in [5.41, 5.74) is 3.28. The van der Waals surface area contributed by atoms with Crippen molar-refractivity contribution in [3.8, 4) is 11.5 Å².